The highest BCUT2D eigenvalue weighted by molar-refractivity contribution is 6.35. The van der Waals surface area contributed by atoms with E-state index in [1.807, 2.05) is 24.0 Å². The summed E-state index contributed by atoms with van der Waals surface area (Å²) in [5.74, 6) is -0.257. The van der Waals surface area contributed by atoms with E-state index in [0.717, 1.165) is 43.3 Å². The van der Waals surface area contributed by atoms with Crippen molar-refractivity contribution in [2.24, 2.45) is 0 Å². The zero-order valence-corrected chi connectivity index (χ0v) is 16.4. The molecule has 2 aromatic carbocycles. The number of piperidine rings is 1. The minimum atomic E-state index is -0.399. The molecule has 1 fully saturated rings. The molecule has 5 nitrogen and oxygen atoms in total. The summed E-state index contributed by atoms with van der Waals surface area (Å²) in [4.78, 5) is 27.7. The molecule has 6 heteroatoms. The predicted molar refractivity (Wildman–Crippen MR) is 110 cm³/mol. The van der Waals surface area contributed by atoms with Crippen molar-refractivity contribution in [2.45, 2.75) is 26.2 Å². The fraction of sp³-hybridized carbons (Fsp3) is 0.273. The number of anilines is 1. The lowest BCUT2D eigenvalue weighted by molar-refractivity contribution is 0.0725. The van der Waals surface area contributed by atoms with E-state index in [4.69, 9.17) is 16.0 Å². The number of rotatable bonds is 3. The average molecular weight is 397 g/mol. The standard InChI is InChI=1S/C22H21ClN2O3/c1-14-15-9-7-10-17(23)20(15)28-19(14)21(26)24-18-11-4-3-8-16(18)22(27)25-12-5-2-6-13-25/h3-4,7-11H,2,5-6,12-13H2,1H3,(H,24,26). The topological polar surface area (TPSA) is 62.6 Å². The second-order valence-electron chi connectivity index (χ2n) is 7.03. The summed E-state index contributed by atoms with van der Waals surface area (Å²) in [5, 5.41) is 4.10. The van der Waals surface area contributed by atoms with E-state index in [2.05, 4.69) is 5.32 Å². The van der Waals surface area contributed by atoms with Gasteiger partial charge in [-0.1, -0.05) is 35.9 Å². The largest absolute Gasteiger partial charge is 0.449 e. The first-order valence-electron chi connectivity index (χ1n) is 9.43. The lowest BCUT2D eigenvalue weighted by Gasteiger charge is -2.27. The molecule has 1 aromatic heterocycles. The Morgan fingerprint density at radius 3 is 2.54 bits per heavy atom. The Hall–Kier alpha value is -2.79. The van der Waals surface area contributed by atoms with Gasteiger partial charge in [0.2, 0.25) is 0 Å². The smallest absolute Gasteiger partial charge is 0.291 e. The van der Waals surface area contributed by atoms with Gasteiger partial charge >= 0.3 is 0 Å². The number of amides is 2. The molecule has 2 amide bonds. The number of carbonyl (C=O) groups is 2. The van der Waals surface area contributed by atoms with E-state index in [9.17, 15) is 9.59 Å². The number of hydrogen-bond acceptors (Lipinski definition) is 3. The molecule has 1 aliphatic rings. The first-order valence-corrected chi connectivity index (χ1v) is 9.81. The Morgan fingerprint density at radius 2 is 1.79 bits per heavy atom. The van der Waals surface area contributed by atoms with Crippen LogP contribution in [0.4, 0.5) is 5.69 Å². The van der Waals surface area contributed by atoms with Gasteiger partial charge in [-0.15, -0.1) is 0 Å². The minimum absolute atomic E-state index is 0.0556. The van der Waals surface area contributed by atoms with Crippen LogP contribution >= 0.6 is 11.6 Å². The number of hydrogen-bond donors (Lipinski definition) is 1. The molecule has 0 saturated carbocycles. The second-order valence-corrected chi connectivity index (χ2v) is 7.43. The van der Waals surface area contributed by atoms with Crippen molar-refractivity contribution in [3.63, 3.8) is 0 Å². The maximum Gasteiger partial charge on any atom is 0.291 e. The van der Waals surface area contributed by atoms with Crippen LogP contribution in [0.5, 0.6) is 0 Å². The number of nitrogens with one attached hydrogen (secondary N) is 1. The van der Waals surface area contributed by atoms with Crippen molar-refractivity contribution in [3.8, 4) is 0 Å². The molecule has 1 N–H and O–H groups in total. The highest BCUT2D eigenvalue weighted by Crippen LogP contribution is 2.31. The van der Waals surface area contributed by atoms with Crippen LogP contribution in [0.25, 0.3) is 11.0 Å². The number of carbonyl (C=O) groups excluding carboxylic acids is 2. The normalized spacial score (nSPS) is 14.3. The molecular formula is C22H21ClN2O3. The molecular weight excluding hydrogens is 376 g/mol. The summed E-state index contributed by atoms with van der Waals surface area (Å²) in [7, 11) is 0. The second kappa shape index (κ2) is 7.68. The van der Waals surface area contributed by atoms with Crippen LogP contribution in [0, 0.1) is 6.92 Å². The molecule has 0 spiro atoms. The molecule has 28 heavy (non-hydrogen) atoms. The number of fused-ring (bicyclic) bond motifs is 1. The first kappa shape index (κ1) is 18.6. The summed E-state index contributed by atoms with van der Waals surface area (Å²) < 4.78 is 5.74. The SMILES string of the molecule is Cc1c(C(=O)Nc2ccccc2C(=O)N2CCCCC2)oc2c(Cl)cccc12. The van der Waals surface area contributed by atoms with Crippen LogP contribution in [-0.4, -0.2) is 29.8 Å². The van der Waals surface area contributed by atoms with Crippen molar-refractivity contribution in [1.82, 2.24) is 4.90 Å². The van der Waals surface area contributed by atoms with Gasteiger partial charge < -0.3 is 14.6 Å². The fourth-order valence-corrected chi connectivity index (χ4v) is 3.86. The number of halogens is 1. The van der Waals surface area contributed by atoms with Crippen molar-refractivity contribution < 1.29 is 14.0 Å². The Morgan fingerprint density at radius 1 is 1.04 bits per heavy atom. The summed E-state index contributed by atoms with van der Waals surface area (Å²) in [6, 6.07) is 12.5. The maximum absolute atomic E-state index is 12.9. The molecule has 1 saturated heterocycles. The lowest BCUT2D eigenvalue weighted by Crippen LogP contribution is -2.36. The number of likely N-dealkylation sites (tertiary alicyclic amines) is 1. The van der Waals surface area contributed by atoms with Crippen LogP contribution in [0.3, 0.4) is 0 Å². The Labute approximate surface area is 168 Å². The molecule has 2 heterocycles. The lowest BCUT2D eigenvalue weighted by atomic mass is 10.1. The van der Waals surface area contributed by atoms with Crippen LogP contribution in [-0.2, 0) is 0 Å². The third kappa shape index (κ3) is 3.38. The Balaban J connectivity index is 1.63. The Kier molecular flexibility index (Phi) is 5.09. The van der Waals surface area contributed by atoms with Crippen molar-refractivity contribution >= 4 is 40.1 Å². The molecule has 3 aromatic rings. The quantitative estimate of drug-likeness (QED) is 0.655. The highest BCUT2D eigenvalue weighted by atomic mass is 35.5. The molecule has 144 valence electrons. The van der Waals surface area contributed by atoms with E-state index < -0.39 is 5.91 Å². The van der Waals surface area contributed by atoms with Crippen LogP contribution in [0.15, 0.2) is 46.9 Å². The summed E-state index contributed by atoms with van der Waals surface area (Å²) in [6.45, 7) is 3.33. The van der Waals surface area contributed by atoms with Gasteiger partial charge in [-0.2, -0.15) is 0 Å². The van der Waals surface area contributed by atoms with Crippen molar-refractivity contribution in [3.05, 3.63) is 64.4 Å². The Bertz CT molecular complexity index is 1050. The van der Waals surface area contributed by atoms with Gasteiger partial charge in [0, 0.05) is 24.0 Å². The summed E-state index contributed by atoms with van der Waals surface area (Å²) >= 11 is 6.18. The van der Waals surface area contributed by atoms with Crippen molar-refractivity contribution in [1.29, 1.82) is 0 Å². The van der Waals surface area contributed by atoms with Gasteiger partial charge in [-0.25, -0.2) is 0 Å². The van der Waals surface area contributed by atoms with E-state index in [-0.39, 0.29) is 11.7 Å². The van der Waals surface area contributed by atoms with Crippen LogP contribution < -0.4 is 5.32 Å². The minimum Gasteiger partial charge on any atom is -0.449 e. The predicted octanol–water partition coefficient (Wildman–Crippen LogP) is 5.27. The fourth-order valence-electron chi connectivity index (χ4n) is 3.65. The molecule has 0 atom stereocenters. The zero-order valence-electron chi connectivity index (χ0n) is 15.6. The highest BCUT2D eigenvalue weighted by Gasteiger charge is 2.23. The zero-order chi connectivity index (χ0) is 19.7. The molecule has 0 radical (unpaired) electrons. The third-order valence-corrected chi connectivity index (χ3v) is 5.47. The number of nitrogens with zero attached hydrogens (tertiary/aromatic N) is 1. The summed E-state index contributed by atoms with van der Waals surface area (Å²) in [6.07, 6.45) is 3.18. The van der Waals surface area contributed by atoms with E-state index in [1.54, 1.807) is 30.3 Å². The summed E-state index contributed by atoms with van der Waals surface area (Å²) in [5.41, 5.74) is 2.18. The van der Waals surface area contributed by atoms with E-state index in [0.29, 0.717) is 21.9 Å². The van der Waals surface area contributed by atoms with Gasteiger partial charge in [0.25, 0.3) is 11.8 Å². The van der Waals surface area contributed by atoms with Gasteiger partial charge in [0.05, 0.1) is 16.3 Å². The molecule has 4 rings (SSSR count). The van der Waals surface area contributed by atoms with Gasteiger partial charge in [-0.3, -0.25) is 9.59 Å². The van der Waals surface area contributed by atoms with Crippen molar-refractivity contribution in [2.75, 3.05) is 18.4 Å². The molecule has 0 unspecified atom stereocenters. The molecule has 1 aliphatic heterocycles. The van der Waals surface area contributed by atoms with Gasteiger partial charge in [-0.05, 0) is 44.4 Å². The van der Waals surface area contributed by atoms with E-state index in [1.165, 1.54) is 0 Å². The number of furan rings is 1. The average Bonchev–Trinajstić information content (AvgIpc) is 3.07. The monoisotopic (exact) mass is 396 g/mol. The van der Waals surface area contributed by atoms with Crippen LogP contribution in [0.1, 0.15) is 45.7 Å². The van der Waals surface area contributed by atoms with Crippen LogP contribution in [0.2, 0.25) is 5.02 Å². The number of benzene rings is 2. The maximum atomic E-state index is 12.9. The number of para-hydroxylation sites is 2. The van der Waals surface area contributed by atoms with E-state index >= 15 is 0 Å². The first-order chi connectivity index (χ1) is 13.6. The van der Waals surface area contributed by atoms with Gasteiger partial charge in [0.15, 0.2) is 11.3 Å². The third-order valence-electron chi connectivity index (χ3n) is 5.17. The molecule has 0 aliphatic carbocycles. The van der Waals surface area contributed by atoms with Gasteiger partial charge in [0.1, 0.15) is 0 Å². The molecule has 0 bridgehead atoms. The number of aryl methyl sites for hydroxylation is 1.